The van der Waals surface area contributed by atoms with E-state index in [1.54, 1.807) is 19.2 Å². The SMILES string of the molecule is CCc1ccccc1NC(=O)Cn1nnc(C(=O)NCc2ccc(OC)cc2)c1N. The molecule has 3 aromatic rings. The Hall–Kier alpha value is -3.88. The van der Waals surface area contributed by atoms with Gasteiger partial charge in [-0.15, -0.1) is 5.10 Å². The summed E-state index contributed by atoms with van der Waals surface area (Å²) in [7, 11) is 1.59. The predicted molar refractivity (Wildman–Crippen MR) is 113 cm³/mol. The second-order valence-electron chi connectivity index (χ2n) is 6.57. The van der Waals surface area contributed by atoms with Gasteiger partial charge in [-0.2, -0.15) is 0 Å². The fraction of sp³-hybridized carbons (Fsp3) is 0.238. The number of nitrogens with two attached hydrogens (primary N) is 1. The Morgan fingerprint density at radius 1 is 1.13 bits per heavy atom. The van der Waals surface area contributed by atoms with E-state index in [2.05, 4.69) is 20.9 Å². The zero-order valence-electron chi connectivity index (χ0n) is 16.9. The summed E-state index contributed by atoms with van der Waals surface area (Å²) in [5.41, 5.74) is 8.62. The van der Waals surface area contributed by atoms with E-state index < -0.39 is 5.91 Å². The monoisotopic (exact) mass is 408 g/mol. The molecular weight excluding hydrogens is 384 g/mol. The number of para-hydroxylation sites is 1. The van der Waals surface area contributed by atoms with E-state index in [4.69, 9.17) is 10.5 Å². The third-order valence-electron chi connectivity index (χ3n) is 4.57. The summed E-state index contributed by atoms with van der Waals surface area (Å²) >= 11 is 0. The van der Waals surface area contributed by atoms with Crippen LogP contribution in [0.4, 0.5) is 11.5 Å². The van der Waals surface area contributed by atoms with Crippen molar-refractivity contribution >= 4 is 23.3 Å². The second-order valence-corrected chi connectivity index (χ2v) is 6.57. The maximum atomic E-state index is 12.4. The van der Waals surface area contributed by atoms with Gasteiger partial charge in [0.15, 0.2) is 11.5 Å². The Kier molecular flexibility index (Phi) is 6.63. The molecule has 0 aliphatic carbocycles. The van der Waals surface area contributed by atoms with Crippen LogP contribution in [0.5, 0.6) is 5.75 Å². The quantitative estimate of drug-likeness (QED) is 0.524. The summed E-state index contributed by atoms with van der Waals surface area (Å²) in [5, 5.41) is 13.2. The average molecular weight is 408 g/mol. The minimum absolute atomic E-state index is 0.0229. The van der Waals surface area contributed by atoms with E-state index in [0.717, 1.165) is 29.0 Å². The summed E-state index contributed by atoms with van der Waals surface area (Å²) in [5.74, 6) is -0.0118. The third kappa shape index (κ3) is 4.93. The number of amides is 2. The number of methoxy groups -OCH3 is 1. The molecule has 4 N–H and O–H groups in total. The number of carbonyl (C=O) groups excluding carboxylic acids is 2. The van der Waals surface area contributed by atoms with Gasteiger partial charge in [0.05, 0.1) is 7.11 Å². The highest BCUT2D eigenvalue weighted by Gasteiger charge is 2.19. The van der Waals surface area contributed by atoms with Crippen molar-refractivity contribution in [2.24, 2.45) is 0 Å². The number of ether oxygens (including phenoxy) is 1. The lowest BCUT2D eigenvalue weighted by atomic mass is 10.1. The van der Waals surface area contributed by atoms with E-state index >= 15 is 0 Å². The van der Waals surface area contributed by atoms with Crippen molar-refractivity contribution < 1.29 is 14.3 Å². The number of benzene rings is 2. The summed E-state index contributed by atoms with van der Waals surface area (Å²) in [6.07, 6.45) is 0.792. The van der Waals surface area contributed by atoms with Crippen molar-refractivity contribution in [1.82, 2.24) is 20.3 Å². The normalized spacial score (nSPS) is 10.5. The molecule has 0 fully saturated rings. The van der Waals surface area contributed by atoms with Gasteiger partial charge in [0.1, 0.15) is 12.3 Å². The fourth-order valence-electron chi connectivity index (χ4n) is 2.88. The minimum Gasteiger partial charge on any atom is -0.497 e. The van der Waals surface area contributed by atoms with Crippen LogP contribution in [0.25, 0.3) is 0 Å². The molecule has 9 heteroatoms. The second kappa shape index (κ2) is 9.55. The van der Waals surface area contributed by atoms with Crippen molar-refractivity contribution in [1.29, 1.82) is 0 Å². The fourth-order valence-corrected chi connectivity index (χ4v) is 2.88. The number of aryl methyl sites for hydroxylation is 1. The first-order chi connectivity index (χ1) is 14.5. The summed E-state index contributed by atoms with van der Waals surface area (Å²) in [6.45, 7) is 2.16. The molecule has 2 amide bonds. The molecule has 3 rings (SSSR count). The summed E-state index contributed by atoms with van der Waals surface area (Å²) < 4.78 is 6.31. The Labute approximate surface area is 174 Å². The maximum Gasteiger partial charge on any atom is 0.275 e. The smallest absolute Gasteiger partial charge is 0.275 e. The highest BCUT2D eigenvalue weighted by molar-refractivity contribution is 5.97. The summed E-state index contributed by atoms with van der Waals surface area (Å²) in [4.78, 5) is 24.8. The number of aromatic nitrogens is 3. The lowest BCUT2D eigenvalue weighted by Gasteiger charge is -2.10. The molecule has 1 heterocycles. The molecule has 156 valence electrons. The number of rotatable bonds is 8. The molecule has 0 radical (unpaired) electrons. The molecule has 0 unspecified atom stereocenters. The largest absolute Gasteiger partial charge is 0.497 e. The van der Waals surface area contributed by atoms with Gasteiger partial charge in [-0.25, -0.2) is 4.68 Å². The van der Waals surface area contributed by atoms with Crippen LogP contribution in [0.3, 0.4) is 0 Å². The van der Waals surface area contributed by atoms with Crippen LogP contribution >= 0.6 is 0 Å². The van der Waals surface area contributed by atoms with E-state index in [0.29, 0.717) is 6.54 Å². The zero-order valence-corrected chi connectivity index (χ0v) is 16.9. The Bertz CT molecular complexity index is 1030. The molecule has 0 spiro atoms. The Balaban J connectivity index is 1.60. The van der Waals surface area contributed by atoms with Crippen LogP contribution in [-0.4, -0.2) is 33.9 Å². The van der Waals surface area contributed by atoms with Crippen molar-refractivity contribution in [2.75, 3.05) is 18.2 Å². The molecule has 1 aromatic heterocycles. The maximum absolute atomic E-state index is 12.4. The zero-order chi connectivity index (χ0) is 21.5. The topological polar surface area (TPSA) is 124 Å². The molecule has 9 nitrogen and oxygen atoms in total. The molecule has 0 aliphatic heterocycles. The van der Waals surface area contributed by atoms with Gasteiger partial charge < -0.3 is 21.1 Å². The van der Waals surface area contributed by atoms with Crippen molar-refractivity contribution in [3.05, 3.63) is 65.4 Å². The van der Waals surface area contributed by atoms with Crippen LogP contribution in [-0.2, 0) is 24.3 Å². The molecule has 2 aromatic carbocycles. The lowest BCUT2D eigenvalue weighted by molar-refractivity contribution is -0.116. The van der Waals surface area contributed by atoms with Crippen LogP contribution in [0.15, 0.2) is 48.5 Å². The van der Waals surface area contributed by atoms with Crippen molar-refractivity contribution in [3.8, 4) is 5.75 Å². The minimum atomic E-state index is -0.466. The van der Waals surface area contributed by atoms with Gasteiger partial charge in [-0.05, 0) is 35.7 Å². The Morgan fingerprint density at radius 3 is 2.57 bits per heavy atom. The Morgan fingerprint density at radius 2 is 1.87 bits per heavy atom. The standard InChI is InChI=1S/C21H24N6O3/c1-3-15-6-4-5-7-17(15)24-18(28)13-27-20(22)19(25-26-27)21(29)23-12-14-8-10-16(30-2)11-9-14/h4-11H,3,12-13,22H2,1-2H3,(H,23,29)(H,24,28). The number of carbonyl (C=O) groups is 2. The van der Waals surface area contributed by atoms with Gasteiger partial charge >= 0.3 is 0 Å². The first-order valence-corrected chi connectivity index (χ1v) is 9.49. The summed E-state index contributed by atoms with van der Waals surface area (Å²) in [6, 6.07) is 14.9. The first-order valence-electron chi connectivity index (χ1n) is 9.49. The molecule has 0 bridgehead atoms. The van der Waals surface area contributed by atoms with E-state index in [-0.39, 0.29) is 24.0 Å². The van der Waals surface area contributed by atoms with Crippen LogP contribution in [0, 0.1) is 0 Å². The van der Waals surface area contributed by atoms with Crippen molar-refractivity contribution in [3.63, 3.8) is 0 Å². The highest BCUT2D eigenvalue weighted by atomic mass is 16.5. The average Bonchev–Trinajstić information content (AvgIpc) is 3.12. The number of nitrogens with zero attached hydrogens (tertiary/aromatic N) is 3. The number of hydrogen-bond donors (Lipinski definition) is 3. The predicted octanol–water partition coefficient (Wildman–Crippen LogP) is 2.00. The number of nitrogens with one attached hydrogen (secondary N) is 2. The van der Waals surface area contributed by atoms with Gasteiger partial charge in [0.25, 0.3) is 5.91 Å². The highest BCUT2D eigenvalue weighted by Crippen LogP contribution is 2.16. The molecule has 30 heavy (non-hydrogen) atoms. The molecule has 0 saturated heterocycles. The lowest BCUT2D eigenvalue weighted by Crippen LogP contribution is -2.25. The molecule has 0 atom stereocenters. The van der Waals surface area contributed by atoms with Crippen LogP contribution in [0.2, 0.25) is 0 Å². The number of nitrogen functional groups attached to an aromatic ring is 1. The molecule has 0 aliphatic rings. The van der Waals surface area contributed by atoms with Gasteiger partial charge in [0.2, 0.25) is 5.91 Å². The number of hydrogen-bond acceptors (Lipinski definition) is 6. The number of anilines is 2. The van der Waals surface area contributed by atoms with Gasteiger partial charge in [-0.1, -0.05) is 42.5 Å². The van der Waals surface area contributed by atoms with E-state index in [9.17, 15) is 9.59 Å². The molecule has 0 saturated carbocycles. The van der Waals surface area contributed by atoms with Crippen LogP contribution < -0.4 is 21.1 Å². The van der Waals surface area contributed by atoms with E-state index in [1.165, 1.54) is 4.68 Å². The van der Waals surface area contributed by atoms with E-state index in [1.807, 2.05) is 43.3 Å². The van der Waals surface area contributed by atoms with Crippen LogP contribution in [0.1, 0.15) is 28.5 Å². The van der Waals surface area contributed by atoms with Crippen molar-refractivity contribution in [2.45, 2.75) is 26.4 Å². The first kappa shape index (κ1) is 20.8. The molecular formula is C21H24N6O3. The third-order valence-corrected chi connectivity index (χ3v) is 4.57. The van der Waals surface area contributed by atoms with Gasteiger partial charge in [0, 0.05) is 12.2 Å². The van der Waals surface area contributed by atoms with Gasteiger partial charge in [-0.3, -0.25) is 9.59 Å².